The van der Waals surface area contributed by atoms with Crippen LogP contribution in [0.2, 0.25) is 0 Å². The molecular formula is C53H47F9N6O10. The lowest BCUT2D eigenvalue weighted by atomic mass is 9.98. The number of allylic oxidation sites excluding steroid dienone is 2. The Kier molecular flexibility index (Phi) is 16.8. The number of pyridine rings is 2. The number of halogens is 9. The summed E-state index contributed by atoms with van der Waals surface area (Å²) in [5, 5.41) is 22.2. The maximum absolute atomic E-state index is 14.1. The minimum Gasteiger partial charge on any atom is -0.503 e. The lowest BCUT2D eigenvalue weighted by Crippen LogP contribution is -2.48. The summed E-state index contributed by atoms with van der Waals surface area (Å²) in [6.45, 7) is 6.97. The van der Waals surface area contributed by atoms with Crippen molar-refractivity contribution in [1.29, 1.82) is 0 Å². The summed E-state index contributed by atoms with van der Waals surface area (Å²) in [6.07, 6.45) is 5.11. The van der Waals surface area contributed by atoms with Gasteiger partial charge in [-0.1, -0.05) is 68.5 Å². The maximum Gasteiger partial charge on any atom is 0.490 e. The number of rotatable bonds is 9. The Morgan fingerprint density at radius 1 is 0.628 bits per heavy atom. The minimum atomic E-state index is -5.08. The molecule has 4 aliphatic rings. The molecule has 0 saturated carbocycles. The van der Waals surface area contributed by atoms with E-state index in [1.807, 2.05) is 58.1 Å². The number of aromatic nitrogens is 2. The molecule has 412 valence electrons. The van der Waals surface area contributed by atoms with E-state index in [0.717, 1.165) is 5.56 Å². The number of carboxylic acids is 1. The van der Waals surface area contributed by atoms with Crippen LogP contribution in [0.4, 0.5) is 39.5 Å². The number of aliphatic carboxylic acids is 1. The van der Waals surface area contributed by atoms with Gasteiger partial charge in [0.15, 0.2) is 22.9 Å². The molecule has 2 aromatic heterocycles. The number of nitrogens with one attached hydrogen (secondary N) is 2. The summed E-state index contributed by atoms with van der Waals surface area (Å²) >= 11 is 0. The summed E-state index contributed by atoms with van der Waals surface area (Å²) in [7, 11) is 0. The third kappa shape index (κ3) is 11.8. The van der Waals surface area contributed by atoms with Gasteiger partial charge in [-0.3, -0.25) is 28.8 Å². The van der Waals surface area contributed by atoms with Crippen LogP contribution in [0.1, 0.15) is 98.2 Å². The number of nitrogens with zero attached hydrogens (tertiary/aromatic N) is 4. The molecule has 25 heteroatoms. The molecule has 0 radical (unpaired) electrons. The van der Waals surface area contributed by atoms with Gasteiger partial charge in [0, 0.05) is 86.0 Å². The molecule has 6 atom stereocenters. The number of alkyl halides is 3. The van der Waals surface area contributed by atoms with E-state index >= 15 is 0 Å². The molecule has 0 spiro atoms. The van der Waals surface area contributed by atoms with Gasteiger partial charge in [-0.15, -0.1) is 0 Å². The highest BCUT2D eigenvalue weighted by atomic mass is 19.4. The molecule has 5 aromatic rings. The molecular weight excluding hydrogens is 1050 g/mol. The fourth-order valence-corrected chi connectivity index (χ4v) is 9.06. The Balaban J connectivity index is 0.000000205. The largest absolute Gasteiger partial charge is 0.503 e. The molecule has 6 heterocycles. The smallest absolute Gasteiger partial charge is 0.490 e. The first-order valence-electron chi connectivity index (χ1n) is 23.8. The van der Waals surface area contributed by atoms with Gasteiger partial charge in [0.1, 0.15) is 52.6 Å². The van der Waals surface area contributed by atoms with Gasteiger partial charge in [0.2, 0.25) is 10.9 Å². The number of fused-ring (bicyclic) bond motifs is 8. The SMILES string of the molecule is C[C@@H]1C=C[C@H](C)N2C[C@H]1n1cc(C(=O)NCc3c(F)cc(F)cc3F)c(=O)c(O)c1C2=O.C[C@@H]1C=C[C@H](C)N2C[C@H]1n1cc(C(=O)NCc3c(F)cc(F)cc3F)c(=O)c(OCc3ccccc3)c1C2=O.O=C(O)C(F)(F)F. The fourth-order valence-electron chi connectivity index (χ4n) is 9.06. The van der Waals surface area contributed by atoms with Crippen LogP contribution in [-0.4, -0.2) is 90.1 Å². The van der Waals surface area contributed by atoms with E-state index in [1.165, 1.54) is 17.0 Å². The van der Waals surface area contributed by atoms with Gasteiger partial charge in [-0.25, -0.2) is 31.1 Å². The monoisotopic (exact) mass is 1100 g/mol. The Morgan fingerprint density at radius 3 is 1.45 bits per heavy atom. The van der Waals surface area contributed by atoms with Crippen molar-refractivity contribution in [3.63, 3.8) is 0 Å². The van der Waals surface area contributed by atoms with Crippen molar-refractivity contribution in [2.45, 2.75) is 77.7 Å². The van der Waals surface area contributed by atoms with Crippen LogP contribution in [0.15, 0.2) is 101 Å². The molecule has 4 bridgehead atoms. The third-order valence-corrected chi connectivity index (χ3v) is 13.4. The number of carboxylic acid groups (broad SMARTS) is 1. The van der Waals surface area contributed by atoms with Crippen LogP contribution in [0.5, 0.6) is 11.5 Å². The highest BCUT2D eigenvalue weighted by Gasteiger charge is 2.42. The lowest BCUT2D eigenvalue weighted by Gasteiger charge is -2.39. The van der Waals surface area contributed by atoms with E-state index in [4.69, 9.17) is 14.6 Å². The van der Waals surface area contributed by atoms with Crippen molar-refractivity contribution in [1.82, 2.24) is 29.6 Å². The standard InChI is InChI=1S/C29H26F3N3O4.C22H20F3N3O4.C2HF3O2/c1-16-8-9-17(2)34-14-24(16)35-13-21(28(37)33-12-20-22(31)10-19(30)11-23(20)32)26(36)27(25(35)29(34)38)39-15-18-6-4-3-5-7-18;1-10-3-4-11(2)27-9-17(10)28-8-14(19(29)20(30)18(28)22(27)32)21(31)26-7-13-15(24)5-12(23)6-16(13)25;3-2(4,5)1(6)7/h3-11,13,16-17,24H,12,14-15H2,1-2H3,(H,33,37);3-6,8,10-11,17,30H,7,9H2,1-2H3,(H,26,31);(H,6,7)/t16-,17+,24-;10-,11+,17-;/m11./s1. The van der Waals surface area contributed by atoms with Crippen LogP contribution < -0.4 is 26.2 Å². The maximum atomic E-state index is 14.1. The van der Waals surface area contributed by atoms with Crippen LogP contribution in [0.3, 0.4) is 0 Å². The molecule has 0 aliphatic carbocycles. The lowest BCUT2D eigenvalue weighted by molar-refractivity contribution is -0.192. The van der Waals surface area contributed by atoms with Crippen molar-refractivity contribution in [3.8, 4) is 11.5 Å². The van der Waals surface area contributed by atoms with Crippen molar-refractivity contribution in [2.24, 2.45) is 11.8 Å². The summed E-state index contributed by atoms with van der Waals surface area (Å²) in [5.74, 6) is -13.8. The summed E-state index contributed by atoms with van der Waals surface area (Å²) in [4.78, 5) is 90.8. The van der Waals surface area contributed by atoms with Crippen LogP contribution in [-0.2, 0) is 24.5 Å². The van der Waals surface area contributed by atoms with Gasteiger partial charge in [-0.05, 0) is 31.2 Å². The molecule has 16 nitrogen and oxygen atoms in total. The van der Waals surface area contributed by atoms with E-state index in [9.17, 15) is 73.4 Å². The Labute approximate surface area is 436 Å². The fraction of sp³-hybridized carbons (Fsp3) is 0.302. The van der Waals surface area contributed by atoms with Gasteiger partial charge in [-0.2, -0.15) is 13.2 Å². The van der Waals surface area contributed by atoms with Gasteiger partial charge in [0.05, 0.1) is 12.1 Å². The Morgan fingerprint density at radius 2 is 1.03 bits per heavy atom. The zero-order valence-corrected chi connectivity index (χ0v) is 41.5. The van der Waals surface area contributed by atoms with E-state index in [-0.39, 0.29) is 65.3 Å². The number of carbonyl (C=O) groups excluding carboxylic acids is 4. The van der Waals surface area contributed by atoms with Crippen LogP contribution in [0, 0.1) is 46.7 Å². The predicted molar refractivity (Wildman–Crippen MR) is 258 cm³/mol. The highest BCUT2D eigenvalue weighted by molar-refractivity contribution is 6.00. The first kappa shape index (κ1) is 57.1. The average molecular weight is 1100 g/mol. The van der Waals surface area contributed by atoms with E-state index in [1.54, 1.807) is 38.6 Å². The number of carbonyl (C=O) groups is 5. The second kappa shape index (κ2) is 22.9. The second-order valence-corrected chi connectivity index (χ2v) is 18.6. The zero-order valence-electron chi connectivity index (χ0n) is 41.5. The van der Waals surface area contributed by atoms with Gasteiger partial charge >= 0.3 is 12.1 Å². The number of aromatic hydroxyl groups is 1. The quantitative estimate of drug-likeness (QED) is 0.0844. The normalized spacial score (nSPS) is 19.9. The predicted octanol–water partition coefficient (Wildman–Crippen LogP) is 7.49. The molecule has 4 amide bonds. The van der Waals surface area contributed by atoms with Gasteiger partial charge < -0.3 is 44.5 Å². The molecule has 4 aliphatic heterocycles. The Hall–Kier alpha value is -8.64. The molecule has 0 fully saturated rings. The Bertz CT molecular complexity index is 3360. The molecule has 0 unspecified atom stereocenters. The highest BCUT2D eigenvalue weighted by Crippen LogP contribution is 2.37. The van der Waals surface area contributed by atoms with E-state index in [2.05, 4.69) is 10.6 Å². The first-order valence-corrected chi connectivity index (χ1v) is 23.8. The van der Waals surface area contributed by atoms with E-state index < -0.39 is 117 Å². The molecule has 9 rings (SSSR count). The average Bonchev–Trinajstić information content (AvgIpc) is 3.61. The molecule has 4 N–H and O–H groups in total. The van der Waals surface area contributed by atoms with Crippen molar-refractivity contribution < 1.29 is 78.4 Å². The van der Waals surface area contributed by atoms with Crippen molar-refractivity contribution >= 4 is 29.6 Å². The molecule has 3 aromatic carbocycles. The second-order valence-electron chi connectivity index (χ2n) is 18.6. The van der Waals surface area contributed by atoms with E-state index in [0.29, 0.717) is 37.4 Å². The number of amides is 4. The zero-order chi connectivity index (χ0) is 57.2. The first-order chi connectivity index (χ1) is 36.7. The summed E-state index contributed by atoms with van der Waals surface area (Å²) in [5.41, 5.74) is -3.27. The topological polar surface area (TPSA) is 210 Å². The summed E-state index contributed by atoms with van der Waals surface area (Å²) in [6, 6.07) is 9.92. The molecule has 0 saturated heterocycles. The number of hydrogen-bond acceptors (Lipinski definition) is 9. The molecule has 78 heavy (non-hydrogen) atoms. The minimum absolute atomic E-state index is 0.0263. The summed E-state index contributed by atoms with van der Waals surface area (Å²) < 4.78 is 123. The number of benzene rings is 3. The van der Waals surface area contributed by atoms with Crippen molar-refractivity contribution in [2.75, 3.05) is 13.1 Å². The third-order valence-electron chi connectivity index (χ3n) is 13.4. The number of ether oxygens (including phenoxy) is 1. The van der Waals surface area contributed by atoms with Crippen LogP contribution >= 0.6 is 0 Å². The number of hydrogen-bond donors (Lipinski definition) is 4. The van der Waals surface area contributed by atoms with Crippen LogP contribution in [0.25, 0.3) is 0 Å². The van der Waals surface area contributed by atoms with Crippen molar-refractivity contribution in [3.05, 3.63) is 186 Å². The van der Waals surface area contributed by atoms with Gasteiger partial charge in [0.25, 0.3) is 23.6 Å².